The minimum absolute atomic E-state index is 0.00378. The number of pyridine rings is 1. The molecule has 1 unspecified atom stereocenters. The van der Waals surface area contributed by atoms with Crippen molar-refractivity contribution < 1.29 is 9.53 Å². The standard InChI is InChI=1S/C24H27N3O2S2/c28-23(17-27(15-21-8-4-12-29-21)16-22-9-5-13-30-22)26-20-7-3-6-19(14-20)18-31-24-10-1-2-11-25-24/h1-3,5-7,9-11,13-14,21H,4,8,12,15-18H2,(H,26,28). The van der Waals surface area contributed by atoms with Gasteiger partial charge in [-0.2, -0.15) is 0 Å². The summed E-state index contributed by atoms with van der Waals surface area (Å²) in [5, 5.41) is 6.15. The Morgan fingerprint density at radius 2 is 2.19 bits per heavy atom. The summed E-state index contributed by atoms with van der Waals surface area (Å²) in [6.45, 7) is 2.73. The number of amides is 1. The Morgan fingerprint density at radius 1 is 1.23 bits per heavy atom. The molecule has 1 aliphatic heterocycles. The summed E-state index contributed by atoms with van der Waals surface area (Å²) in [5.74, 6) is 0.814. The van der Waals surface area contributed by atoms with Crippen molar-refractivity contribution >= 4 is 34.7 Å². The minimum Gasteiger partial charge on any atom is -0.377 e. The average Bonchev–Trinajstić information content (AvgIpc) is 3.48. The quantitative estimate of drug-likeness (QED) is 0.435. The van der Waals surface area contributed by atoms with Crippen LogP contribution in [0.5, 0.6) is 0 Å². The smallest absolute Gasteiger partial charge is 0.238 e. The number of hydrogen-bond acceptors (Lipinski definition) is 6. The lowest BCUT2D eigenvalue weighted by Gasteiger charge is -2.24. The Kier molecular flexibility index (Phi) is 8.12. The number of nitrogens with zero attached hydrogens (tertiary/aromatic N) is 2. The summed E-state index contributed by atoms with van der Waals surface area (Å²) in [7, 11) is 0. The summed E-state index contributed by atoms with van der Waals surface area (Å²) in [4.78, 5) is 20.6. The van der Waals surface area contributed by atoms with Gasteiger partial charge in [0.05, 0.1) is 17.7 Å². The van der Waals surface area contributed by atoms with Gasteiger partial charge in [-0.3, -0.25) is 9.69 Å². The molecule has 1 aliphatic rings. The zero-order chi connectivity index (χ0) is 21.3. The Labute approximate surface area is 191 Å². The van der Waals surface area contributed by atoms with E-state index in [9.17, 15) is 4.79 Å². The van der Waals surface area contributed by atoms with Gasteiger partial charge in [-0.05, 0) is 54.1 Å². The first-order valence-electron chi connectivity index (χ1n) is 10.5. The van der Waals surface area contributed by atoms with Crippen LogP contribution in [-0.2, 0) is 21.8 Å². The molecular weight excluding hydrogens is 426 g/mol. The van der Waals surface area contributed by atoms with E-state index in [4.69, 9.17) is 4.74 Å². The number of thiophene rings is 1. The Bertz CT molecular complexity index is 944. The molecule has 162 valence electrons. The molecule has 2 aromatic heterocycles. The molecule has 3 aromatic rings. The van der Waals surface area contributed by atoms with Crippen LogP contribution in [0, 0.1) is 0 Å². The molecule has 1 aromatic carbocycles. The van der Waals surface area contributed by atoms with Gasteiger partial charge in [-0.25, -0.2) is 4.98 Å². The number of carbonyl (C=O) groups is 1. The van der Waals surface area contributed by atoms with E-state index in [2.05, 4.69) is 38.8 Å². The van der Waals surface area contributed by atoms with Crippen LogP contribution in [0.25, 0.3) is 0 Å². The number of anilines is 1. The lowest BCUT2D eigenvalue weighted by Crippen LogP contribution is -2.37. The fraction of sp³-hybridized carbons (Fsp3) is 0.333. The molecule has 1 fully saturated rings. The number of rotatable bonds is 10. The first-order valence-corrected chi connectivity index (χ1v) is 12.4. The molecule has 31 heavy (non-hydrogen) atoms. The molecule has 1 saturated heterocycles. The summed E-state index contributed by atoms with van der Waals surface area (Å²) in [5.41, 5.74) is 1.99. The van der Waals surface area contributed by atoms with Crippen LogP contribution in [0.15, 0.2) is 71.2 Å². The predicted molar refractivity (Wildman–Crippen MR) is 127 cm³/mol. The van der Waals surface area contributed by atoms with E-state index < -0.39 is 0 Å². The Morgan fingerprint density at radius 3 is 2.97 bits per heavy atom. The number of ether oxygens (including phenoxy) is 1. The fourth-order valence-electron chi connectivity index (χ4n) is 3.62. The normalized spacial score (nSPS) is 16.0. The number of benzene rings is 1. The molecule has 0 saturated carbocycles. The second kappa shape index (κ2) is 11.4. The molecule has 5 nitrogen and oxygen atoms in total. The third kappa shape index (κ3) is 7.18. The molecular formula is C24H27N3O2S2. The first-order chi connectivity index (χ1) is 15.2. The monoisotopic (exact) mass is 453 g/mol. The lowest BCUT2D eigenvalue weighted by molar-refractivity contribution is -0.117. The number of thioether (sulfide) groups is 1. The fourth-order valence-corrected chi connectivity index (χ4v) is 5.17. The van der Waals surface area contributed by atoms with E-state index in [1.807, 2.05) is 36.4 Å². The third-order valence-electron chi connectivity index (χ3n) is 5.05. The summed E-state index contributed by atoms with van der Waals surface area (Å²) in [6.07, 6.45) is 4.20. The van der Waals surface area contributed by atoms with E-state index in [-0.39, 0.29) is 12.0 Å². The summed E-state index contributed by atoms with van der Waals surface area (Å²) >= 11 is 3.41. The lowest BCUT2D eigenvalue weighted by atomic mass is 10.2. The van der Waals surface area contributed by atoms with E-state index in [1.165, 1.54) is 4.88 Å². The van der Waals surface area contributed by atoms with E-state index in [0.29, 0.717) is 6.54 Å². The molecule has 1 atom stereocenters. The van der Waals surface area contributed by atoms with Crippen molar-refractivity contribution in [1.82, 2.24) is 9.88 Å². The van der Waals surface area contributed by atoms with Gasteiger partial charge in [0.1, 0.15) is 0 Å². The van der Waals surface area contributed by atoms with Crippen molar-refractivity contribution in [1.29, 1.82) is 0 Å². The van der Waals surface area contributed by atoms with E-state index in [0.717, 1.165) is 54.6 Å². The molecule has 1 amide bonds. The van der Waals surface area contributed by atoms with Crippen molar-refractivity contribution in [3.63, 3.8) is 0 Å². The van der Waals surface area contributed by atoms with E-state index in [1.54, 1.807) is 29.3 Å². The van der Waals surface area contributed by atoms with Crippen LogP contribution in [0.2, 0.25) is 0 Å². The topological polar surface area (TPSA) is 54.5 Å². The number of hydrogen-bond donors (Lipinski definition) is 1. The second-order valence-corrected chi connectivity index (χ2v) is 9.62. The maximum atomic E-state index is 12.8. The van der Waals surface area contributed by atoms with Crippen LogP contribution in [-0.4, -0.2) is 41.6 Å². The first kappa shape index (κ1) is 22.0. The minimum atomic E-state index is 0.00378. The largest absolute Gasteiger partial charge is 0.377 e. The van der Waals surface area contributed by atoms with Crippen LogP contribution in [0.4, 0.5) is 5.69 Å². The highest BCUT2D eigenvalue weighted by atomic mass is 32.2. The number of carbonyl (C=O) groups excluding carboxylic acids is 1. The SMILES string of the molecule is O=C(CN(Cc1cccs1)CC1CCCO1)Nc1cccc(CSc2ccccn2)c1. The van der Waals surface area contributed by atoms with Gasteiger partial charge in [-0.1, -0.05) is 24.3 Å². The highest BCUT2D eigenvalue weighted by Crippen LogP contribution is 2.22. The Balaban J connectivity index is 1.33. The molecule has 7 heteroatoms. The highest BCUT2D eigenvalue weighted by Gasteiger charge is 2.21. The molecule has 3 heterocycles. The van der Waals surface area contributed by atoms with Crippen molar-refractivity contribution in [2.24, 2.45) is 0 Å². The summed E-state index contributed by atoms with van der Waals surface area (Å²) in [6, 6.07) is 18.1. The Hall–Kier alpha value is -2.19. The van der Waals surface area contributed by atoms with Crippen LogP contribution >= 0.6 is 23.1 Å². The second-order valence-electron chi connectivity index (χ2n) is 7.59. The maximum absolute atomic E-state index is 12.8. The third-order valence-corrected chi connectivity index (χ3v) is 6.92. The highest BCUT2D eigenvalue weighted by molar-refractivity contribution is 7.98. The van der Waals surface area contributed by atoms with Crippen molar-refractivity contribution in [3.05, 3.63) is 76.6 Å². The maximum Gasteiger partial charge on any atom is 0.238 e. The van der Waals surface area contributed by atoms with Gasteiger partial charge >= 0.3 is 0 Å². The van der Waals surface area contributed by atoms with Gasteiger partial charge in [0, 0.05) is 42.2 Å². The van der Waals surface area contributed by atoms with Crippen LogP contribution in [0.1, 0.15) is 23.3 Å². The van der Waals surface area contributed by atoms with Crippen LogP contribution < -0.4 is 5.32 Å². The van der Waals surface area contributed by atoms with Gasteiger partial charge < -0.3 is 10.1 Å². The molecule has 0 radical (unpaired) electrons. The van der Waals surface area contributed by atoms with Crippen molar-refractivity contribution in [2.45, 2.75) is 36.3 Å². The number of nitrogens with one attached hydrogen (secondary N) is 1. The molecule has 0 bridgehead atoms. The van der Waals surface area contributed by atoms with Crippen LogP contribution in [0.3, 0.4) is 0 Å². The average molecular weight is 454 g/mol. The van der Waals surface area contributed by atoms with E-state index >= 15 is 0 Å². The number of aromatic nitrogens is 1. The molecule has 4 rings (SSSR count). The molecule has 0 aliphatic carbocycles. The zero-order valence-electron chi connectivity index (χ0n) is 17.4. The van der Waals surface area contributed by atoms with Gasteiger partial charge in [0.15, 0.2) is 0 Å². The van der Waals surface area contributed by atoms with Gasteiger partial charge in [-0.15, -0.1) is 23.1 Å². The van der Waals surface area contributed by atoms with Gasteiger partial charge in [0.25, 0.3) is 0 Å². The molecule has 1 N–H and O–H groups in total. The predicted octanol–water partition coefficient (Wildman–Crippen LogP) is 5.06. The summed E-state index contributed by atoms with van der Waals surface area (Å²) < 4.78 is 5.80. The molecule has 0 spiro atoms. The van der Waals surface area contributed by atoms with Gasteiger partial charge in [0.2, 0.25) is 5.91 Å². The van der Waals surface area contributed by atoms with Crippen molar-refractivity contribution in [2.75, 3.05) is 25.0 Å². The zero-order valence-corrected chi connectivity index (χ0v) is 19.0. The van der Waals surface area contributed by atoms with Crippen molar-refractivity contribution in [3.8, 4) is 0 Å².